The summed E-state index contributed by atoms with van der Waals surface area (Å²) in [6.45, 7) is 8.93. The molecule has 1 amide bonds. The van der Waals surface area contributed by atoms with Gasteiger partial charge in [-0.3, -0.25) is 20.0 Å². The molecule has 2 aromatic rings. The number of hydrogen-bond donors (Lipinski definition) is 1. The van der Waals surface area contributed by atoms with E-state index in [0.717, 1.165) is 51.3 Å². The number of piperazine rings is 1. The number of hydrazine groups is 1. The van der Waals surface area contributed by atoms with Gasteiger partial charge >= 0.3 is 0 Å². The molecule has 2 bridgehead atoms. The summed E-state index contributed by atoms with van der Waals surface area (Å²) in [5.41, 5.74) is 6.33. The first kappa shape index (κ1) is 26.0. The maximum absolute atomic E-state index is 13.0. The smallest absolute Gasteiger partial charge is 0.265 e. The van der Waals surface area contributed by atoms with Crippen LogP contribution in [0.1, 0.15) is 72.5 Å². The second kappa shape index (κ2) is 12.2. The predicted octanol–water partition coefficient (Wildman–Crippen LogP) is 5.03. The molecule has 37 heavy (non-hydrogen) atoms. The van der Waals surface area contributed by atoms with Crippen LogP contribution in [0.3, 0.4) is 0 Å². The highest BCUT2D eigenvalue weighted by Crippen LogP contribution is 2.40. The van der Waals surface area contributed by atoms with E-state index < -0.39 is 0 Å². The first-order chi connectivity index (χ1) is 18.2. The van der Waals surface area contributed by atoms with Crippen molar-refractivity contribution in [3.05, 3.63) is 77.9 Å². The van der Waals surface area contributed by atoms with E-state index in [1.54, 1.807) is 7.11 Å². The third-order valence-corrected chi connectivity index (χ3v) is 8.31. The zero-order chi connectivity index (χ0) is 25.6. The van der Waals surface area contributed by atoms with Crippen molar-refractivity contribution >= 4 is 5.91 Å². The van der Waals surface area contributed by atoms with Crippen molar-refractivity contribution in [2.75, 3.05) is 39.8 Å². The molecule has 1 N–H and O–H groups in total. The highest BCUT2D eigenvalue weighted by molar-refractivity contribution is 5.93. The topological polar surface area (TPSA) is 48.0 Å². The lowest BCUT2D eigenvalue weighted by Crippen LogP contribution is -2.61. The monoisotopic (exact) mass is 502 g/mol. The molecule has 3 atom stereocenters. The summed E-state index contributed by atoms with van der Waals surface area (Å²) in [4.78, 5) is 18.3. The van der Waals surface area contributed by atoms with Gasteiger partial charge in [-0.25, -0.2) is 5.01 Å². The van der Waals surface area contributed by atoms with Crippen molar-refractivity contribution in [1.29, 1.82) is 0 Å². The van der Waals surface area contributed by atoms with E-state index in [4.69, 9.17) is 4.74 Å². The van der Waals surface area contributed by atoms with Gasteiger partial charge in [-0.2, -0.15) is 0 Å². The number of benzene rings is 2. The van der Waals surface area contributed by atoms with Crippen LogP contribution in [0.25, 0.3) is 0 Å². The summed E-state index contributed by atoms with van der Waals surface area (Å²) in [5.74, 6) is 0.868. The van der Waals surface area contributed by atoms with Crippen LogP contribution in [0, 0.1) is 0 Å². The van der Waals surface area contributed by atoms with Crippen LogP contribution in [0.15, 0.2) is 61.2 Å². The number of piperidine rings is 1. The zero-order valence-corrected chi connectivity index (χ0v) is 22.3. The van der Waals surface area contributed by atoms with E-state index in [1.165, 1.54) is 43.2 Å². The summed E-state index contributed by atoms with van der Waals surface area (Å²) < 4.78 is 5.61. The average Bonchev–Trinajstić information content (AvgIpc) is 3.18. The molecule has 3 saturated heterocycles. The molecule has 0 spiro atoms. The van der Waals surface area contributed by atoms with Crippen LogP contribution in [-0.2, 0) is 0 Å². The fourth-order valence-electron chi connectivity index (χ4n) is 6.54. The van der Waals surface area contributed by atoms with Crippen LogP contribution in [0.2, 0.25) is 0 Å². The lowest BCUT2D eigenvalue weighted by atomic mass is 9.85. The van der Waals surface area contributed by atoms with E-state index in [0.29, 0.717) is 17.6 Å². The minimum Gasteiger partial charge on any atom is -0.497 e. The Labute approximate surface area is 222 Å². The van der Waals surface area contributed by atoms with E-state index in [1.807, 2.05) is 24.3 Å². The minimum atomic E-state index is -0.0127. The van der Waals surface area contributed by atoms with Crippen LogP contribution in [-0.4, -0.2) is 72.6 Å². The molecule has 0 aliphatic carbocycles. The Balaban J connectivity index is 1.42. The van der Waals surface area contributed by atoms with Gasteiger partial charge in [0.15, 0.2) is 0 Å². The van der Waals surface area contributed by atoms with E-state index in [-0.39, 0.29) is 11.9 Å². The Morgan fingerprint density at radius 3 is 2.35 bits per heavy atom. The second-order valence-electron chi connectivity index (χ2n) is 10.8. The predicted molar refractivity (Wildman–Crippen MR) is 149 cm³/mol. The van der Waals surface area contributed by atoms with Gasteiger partial charge in [-0.05, 0) is 61.1 Å². The number of methoxy groups -OCH3 is 1. The summed E-state index contributed by atoms with van der Waals surface area (Å²) in [7, 11) is 1.73. The Morgan fingerprint density at radius 1 is 1.00 bits per heavy atom. The second-order valence-corrected chi connectivity index (χ2v) is 10.8. The molecule has 3 aliphatic heterocycles. The van der Waals surface area contributed by atoms with Crippen molar-refractivity contribution in [2.24, 2.45) is 0 Å². The van der Waals surface area contributed by atoms with Crippen molar-refractivity contribution in [3.8, 4) is 5.75 Å². The molecule has 2 aromatic carbocycles. The number of fused-ring (bicyclic) bond motifs is 2. The molecule has 6 nitrogen and oxygen atoms in total. The molecule has 0 aromatic heterocycles. The first-order valence-corrected chi connectivity index (χ1v) is 14.1. The zero-order valence-electron chi connectivity index (χ0n) is 22.3. The standard InChI is InChI=1S/C31H42N4O2/c1-3-18-33-22-27-11-9-12-28(23-33)35(27)30(26-10-8-13-29(21-26)37-2)24-14-16-25(17-15-24)31(36)32-34-19-6-4-5-7-20-34/h3,8,10,13-17,21,27-28,30H,1,4-7,9,11-12,18-20,22-23H2,2H3,(H,32,36). The third kappa shape index (κ3) is 6.08. The Kier molecular flexibility index (Phi) is 8.59. The number of carbonyl (C=O) groups is 1. The van der Waals surface area contributed by atoms with Crippen molar-refractivity contribution < 1.29 is 9.53 Å². The lowest BCUT2D eigenvalue weighted by Gasteiger charge is -2.53. The fourth-order valence-corrected chi connectivity index (χ4v) is 6.54. The molecular weight excluding hydrogens is 460 g/mol. The fraction of sp³-hybridized carbons (Fsp3) is 0.516. The van der Waals surface area contributed by atoms with Crippen LogP contribution >= 0.6 is 0 Å². The molecular formula is C31H42N4O2. The number of hydrogen-bond acceptors (Lipinski definition) is 5. The summed E-state index contributed by atoms with van der Waals surface area (Å²) in [5, 5.41) is 2.09. The molecule has 3 aliphatic rings. The maximum Gasteiger partial charge on any atom is 0.265 e. The lowest BCUT2D eigenvalue weighted by molar-refractivity contribution is -0.0250. The van der Waals surface area contributed by atoms with Gasteiger partial charge in [-0.15, -0.1) is 6.58 Å². The number of amides is 1. The number of likely N-dealkylation sites (tertiary alicyclic amines) is 1. The molecule has 3 unspecified atom stereocenters. The van der Waals surface area contributed by atoms with Crippen LogP contribution < -0.4 is 10.2 Å². The molecule has 6 heteroatoms. The number of nitrogens with zero attached hydrogens (tertiary/aromatic N) is 3. The number of nitrogens with one attached hydrogen (secondary N) is 1. The van der Waals surface area contributed by atoms with Gasteiger partial charge in [0.25, 0.3) is 5.91 Å². The first-order valence-electron chi connectivity index (χ1n) is 14.1. The molecule has 3 heterocycles. The average molecular weight is 503 g/mol. The quantitative estimate of drug-likeness (QED) is 0.513. The number of carbonyl (C=O) groups excluding carboxylic acids is 1. The van der Waals surface area contributed by atoms with Gasteiger partial charge in [0.05, 0.1) is 13.2 Å². The van der Waals surface area contributed by atoms with Gasteiger partial charge in [0.1, 0.15) is 5.75 Å². The highest BCUT2D eigenvalue weighted by Gasteiger charge is 2.41. The third-order valence-electron chi connectivity index (χ3n) is 8.31. The van der Waals surface area contributed by atoms with Crippen LogP contribution in [0.4, 0.5) is 0 Å². The van der Waals surface area contributed by atoms with E-state index in [9.17, 15) is 4.79 Å². The largest absolute Gasteiger partial charge is 0.497 e. The Bertz CT molecular complexity index is 1030. The van der Waals surface area contributed by atoms with Gasteiger partial charge in [-0.1, -0.05) is 49.6 Å². The molecule has 5 rings (SSSR count). The summed E-state index contributed by atoms with van der Waals surface area (Å²) in [6.07, 6.45) is 10.5. The highest BCUT2D eigenvalue weighted by atomic mass is 16.5. The molecule has 198 valence electrons. The Hall–Kier alpha value is -2.67. The summed E-state index contributed by atoms with van der Waals surface area (Å²) >= 11 is 0. The van der Waals surface area contributed by atoms with Crippen molar-refractivity contribution in [1.82, 2.24) is 20.2 Å². The van der Waals surface area contributed by atoms with Gasteiger partial charge in [0, 0.05) is 50.4 Å². The normalized spacial score (nSPS) is 24.1. The van der Waals surface area contributed by atoms with Crippen molar-refractivity contribution in [3.63, 3.8) is 0 Å². The summed E-state index contributed by atoms with van der Waals surface area (Å²) in [6, 6.07) is 17.9. The Morgan fingerprint density at radius 2 is 1.70 bits per heavy atom. The number of rotatable bonds is 8. The van der Waals surface area contributed by atoms with E-state index >= 15 is 0 Å². The van der Waals surface area contributed by atoms with Crippen LogP contribution in [0.5, 0.6) is 5.75 Å². The van der Waals surface area contributed by atoms with Gasteiger partial charge < -0.3 is 4.74 Å². The van der Waals surface area contributed by atoms with Crippen molar-refractivity contribution in [2.45, 2.75) is 63.1 Å². The molecule has 0 radical (unpaired) electrons. The van der Waals surface area contributed by atoms with Gasteiger partial charge in [0.2, 0.25) is 0 Å². The number of ether oxygens (including phenoxy) is 1. The maximum atomic E-state index is 13.0. The molecule has 3 fully saturated rings. The molecule has 0 saturated carbocycles. The SMILES string of the molecule is C=CCN1CC2CCCC(C1)N2C(c1ccc(C(=O)NN2CCCCCC2)cc1)c1cccc(OC)c1. The minimum absolute atomic E-state index is 0.0127. The van der Waals surface area contributed by atoms with E-state index in [2.05, 4.69) is 57.1 Å².